The number of rotatable bonds is 2. The standard InChI is InChI=1S/C17H12BrN3O2/c18-12-6-8-13(9-7-12)20-16(22)17(23)21-14-5-1-3-11-4-2-10-19-15(11)14/h1-10H,(H,20,22)(H,21,23). The van der Waals surface area contributed by atoms with Crippen molar-refractivity contribution < 1.29 is 9.59 Å². The van der Waals surface area contributed by atoms with Gasteiger partial charge < -0.3 is 10.6 Å². The van der Waals surface area contributed by atoms with Crippen LogP contribution < -0.4 is 10.6 Å². The number of nitrogens with zero attached hydrogens (tertiary/aromatic N) is 1. The van der Waals surface area contributed by atoms with Crippen LogP contribution in [0.25, 0.3) is 10.9 Å². The number of aromatic nitrogens is 1. The summed E-state index contributed by atoms with van der Waals surface area (Å²) in [7, 11) is 0. The number of para-hydroxylation sites is 1. The van der Waals surface area contributed by atoms with E-state index in [2.05, 4.69) is 31.5 Å². The maximum absolute atomic E-state index is 12.1. The first-order valence-electron chi connectivity index (χ1n) is 6.85. The molecule has 0 aliphatic heterocycles. The quantitative estimate of drug-likeness (QED) is 0.678. The largest absolute Gasteiger partial charge is 0.318 e. The Morgan fingerprint density at radius 1 is 0.870 bits per heavy atom. The summed E-state index contributed by atoms with van der Waals surface area (Å²) in [5.74, 6) is -1.48. The van der Waals surface area contributed by atoms with Gasteiger partial charge in [0.05, 0.1) is 11.2 Å². The average molecular weight is 370 g/mol. The van der Waals surface area contributed by atoms with E-state index in [1.807, 2.05) is 18.2 Å². The van der Waals surface area contributed by atoms with Crippen molar-refractivity contribution in [3.8, 4) is 0 Å². The second-order valence-electron chi connectivity index (χ2n) is 4.80. The molecule has 0 bridgehead atoms. The van der Waals surface area contributed by atoms with Gasteiger partial charge in [0.15, 0.2) is 0 Å². The van der Waals surface area contributed by atoms with Gasteiger partial charge in [0, 0.05) is 21.7 Å². The molecular formula is C17H12BrN3O2. The van der Waals surface area contributed by atoms with Crippen molar-refractivity contribution in [3.05, 3.63) is 65.3 Å². The van der Waals surface area contributed by atoms with Crippen molar-refractivity contribution >= 4 is 50.0 Å². The summed E-state index contributed by atoms with van der Waals surface area (Å²) in [5, 5.41) is 6.03. The van der Waals surface area contributed by atoms with Gasteiger partial charge in [0.2, 0.25) is 0 Å². The minimum absolute atomic E-state index is 0.499. The van der Waals surface area contributed by atoms with Crippen LogP contribution in [-0.2, 0) is 9.59 Å². The lowest BCUT2D eigenvalue weighted by atomic mass is 10.2. The molecule has 0 spiro atoms. The van der Waals surface area contributed by atoms with E-state index in [0.29, 0.717) is 16.9 Å². The van der Waals surface area contributed by atoms with Gasteiger partial charge in [-0.2, -0.15) is 0 Å². The molecule has 1 heterocycles. The van der Waals surface area contributed by atoms with Crippen molar-refractivity contribution in [3.63, 3.8) is 0 Å². The van der Waals surface area contributed by atoms with Gasteiger partial charge in [-0.15, -0.1) is 0 Å². The maximum atomic E-state index is 12.1. The van der Waals surface area contributed by atoms with E-state index in [-0.39, 0.29) is 0 Å². The Morgan fingerprint density at radius 3 is 2.35 bits per heavy atom. The highest BCUT2D eigenvalue weighted by Gasteiger charge is 2.15. The number of halogens is 1. The summed E-state index contributed by atoms with van der Waals surface area (Å²) in [5.41, 5.74) is 1.68. The zero-order valence-corrected chi connectivity index (χ0v) is 13.5. The normalized spacial score (nSPS) is 10.3. The molecule has 2 N–H and O–H groups in total. The first-order valence-corrected chi connectivity index (χ1v) is 7.64. The highest BCUT2D eigenvalue weighted by atomic mass is 79.9. The van der Waals surface area contributed by atoms with E-state index in [1.54, 1.807) is 42.6 Å². The molecule has 23 heavy (non-hydrogen) atoms. The van der Waals surface area contributed by atoms with Crippen molar-refractivity contribution in [1.82, 2.24) is 4.98 Å². The molecule has 2 aromatic carbocycles. The van der Waals surface area contributed by atoms with Crippen LogP contribution >= 0.6 is 15.9 Å². The van der Waals surface area contributed by atoms with Crippen molar-refractivity contribution in [2.45, 2.75) is 0 Å². The molecule has 3 rings (SSSR count). The molecule has 114 valence electrons. The van der Waals surface area contributed by atoms with E-state index >= 15 is 0 Å². The monoisotopic (exact) mass is 369 g/mol. The van der Waals surface area contributed by atoms with Crippen LogP contribution in [0.4, 0.5) is 11.4 Å². The molecule has 0 atom stereocenters. The number of carbonyl (C=O) groups is 2. The first kappa shape index (κ1) is 15.2. The van der Waals surface area contributed by atoms with Gasteiger partial charge in [-0.3, -0.25) is 14.6 Å². The zero-order chi connectivity index (χ0) is 16.2. The van der Waals surface area contributed by atoms with Crippen molar-refractivity contribution in [1.29, 1.82) is 0 Å². The fraction of sp³-hybridized carbons (Fsp3) is 0. The molecule has 0 aliphatic carbocycles. The Balaban J connectivity index is 1.75. The molecule has 1 aromatic heterocycles. The van der Waals surface area contributed by atoms with Crippen LogP contribution in [-0.4, -0.2) is 16.8 Å². The third-order valence-corrected chi connectivity index (χ3v) is 3.72. The Labute approximate surface area is 140 Å². The maximum Gasteiger partial charge on any atom is 0.314 e. The second-order valence-corrected chi connectivity index (χ2v) is 5.71. The van der Waals surface area contributed by atoms with E-state index in [0.717, 1.165) is 9.86 Å². The smallest absolute Gasteiger partial charge is 0.314 e. The van der Waals surface area contributed by atoms with Gasteiger partial charge in [-0.25, -0.2) is 0 Å². The Kier molecular flexibility index (Phi) is 4.34. The molecular weight excluding hydrogens is 358 g/mol. The van der Waals surface area contributed by atoms with Crippen LogP contribution in [0.1, 0.15) is 0 Å². The summed E-state index contributed by atoms with van der Waals surface area (Å²) in [6.07, 6.45) is 1.64. The number of anilines is 2. The van der Waals surface area contributed by atoms with Crippen LogP contribution in [0.2, 0.25) is 0 Å². The van der Waals surface area contributed by atoms with E-state index in [9.17, 15) is 9.59 Å². The SMILES string of the molecule is O=C(Nc1ccc(Br)cc1)C(=O)Nc1cccc2cccnc12. The van der Waals surface area contributed by atoms with Gasteiger partial charge in [-0.1, -0.05) is 34.1 Å². The highest BCUT2D eigenvalue weighted by molar-refractivity contribution is 9.10. The van der Waals surface area contributed by atoms with Crippen LogP contribution in [0.5, 0.6) is 0 Å². The lowest BCUT2D eigenvalue weighted by molar-refractivity contribution is -0.132. The second kappa shape index (κ2) is 6.58. The van der Waals surface area contributed by atoms with E-state index in [1.165, 1.54) is 0 Å². The number of hydrogen-bond donors (Lipinski definition) is 2. The number of nitrogens with one attached hydrogen (secondary N) is 2. The fourth-order valence-corrected chi connectivity index (χ4v) is 2.37. The molecule has 0 unspecified atom stereocenters. The van der Waals surface area contributed by atoms with Crippen molar-refractivity contribution in [2.75, 3.05) is 10.6 Å². The Bertz CT molecular complexity index is 873. The summed E-state index contributed by atoms with van der Waals surface area (Å²) in [6.45, 7) is 0. The van der Waals surface area contributed by atoms with E-state index in [4.69, 9.17) is 0 Å². The average Bonchev–Trinajstić information content (AvgIpc) is 2.57. The predicted octanol–water partition coefficient (Wildman–Crippen LogP) is 3.57. The molecule has 0 radical (unpaired) electrons. The van der Waals surface area contributed by atoms with Gasteiger partial charge >= 0.3 is 11.8 Å². The first-order chi connectivity index (χ1) is 11.1. The number of fused-ring (bicyclic) bond motifs is 1. The summed E-state index contributed by atoms with van der Waals surface area (Å²) in [4.78, 5) is 28.3. The predicted molar refractivity (Wildman–Crippen MR) is 93.1 cm³/mol. The number of carbonyl (C=O) groups excluding carboxylic acids is 2. The number of amides is 2. The summed E-state index contributed by atoms with van der Waals surface area (Å²) < 4.78 is 0.891. The number of pyridine rings is 1. The number of hydrogen-bond acceptors (Lipinski definition) is 3. The topological polar surface area (TPSA) is 71.1 Å². The molecule has 0 saturated heterocycles. The molecule has 2 amide bonds. The lowest BCUT2D eigenvalue weighted by Gasteiger charge is -2.08. The third kappa shape index (κ3) is 3.54. The number of benzene rings is 2. The molecule has 0 aliphatic rings. The molecule has 0 saturated carbocycles. The molecule has 3 aromatic rings. The minimum Gasteiger partial charge on any atom is -0.318 e. The van der Waals surface area contributed by atoms with Crippen LogP contribution in [0.15, 0.2) is 65.3 Å². The summed E-state index contributed by atoms with van der Waals surface area (Å²) in [6, 6.07) is 16.1. The summed E-state index contributed by atoms with van der Waals surface area (Å²) >= 11 is 3.31. The third-order valence-electron chi connectivity index (χ3n) is 3.19. The Hall–Kier alpha value is -2.73. The van der Waals surface area contributed by atoms with Gasteiger partial charge in [0.25, 0.3) is 0 Å². The molecule has 5 nitrogen and oxygen atoms in total. The van der Waals surface area contributed by atoms with Crippen molar-refractivity contribution in [2.24, 2.45) is 0 Å². The van der Waals surface area contributed by atoms with Crippen LogP contribution in [0.3, 0.4) is 0 Å². The lowest BCUT2D eigenvalue weighted by Crippen LogP contribution is -2.29. The van der Waals surface area contributed by atoms with Gasteiger partial charge in [-0.05, 0) is 36.4 Å². The zero-order valence-electron chi connectivity index (χ0n) is 11.9. The molecule has 6 heteroatoms. The van der Waals surface area contributed by atoms with Crippen LogP contribution in [0, 0.1) is 0 Å². The van der Waals surface area contributed by atoms with Gasteiger partial charge in [0.1, 0.15) is 0 Å². The van der Waals surface area contributed by atoms with E-state index < -0.39 is 11.8 Å². The highest BCUT2D eigenvalue weighted by Crippen LogP contribution is 2.20. The fourth-order valence-electron chi connectivity index (χ4n) is 2.11. The minimum atomic E-state index is -0.744. The molecule has 0 fully saturated rings. The Morgan fingerprint density at radius 2 is 1.57 bits per heavy atom.